The maximum atomic E-state index is 9.95. The molecule has 0 aromatic rings. The molecule has 0 aliphatic heterocycles. The zero-order valence-corrected chi connectivity index (χ0v) is 3.92. The fraction of sp³-hybridized carbons (Fsp3) is 0.667. The Hall–Kier alpha value is -0.610. The van der Waals surface area contributed by atoms with Crippen molar-refractivity contribution in [3.63, 3.8) is 0 Å². The summed E-state index contributed by atoms with van der Waals surface area (Å²) >= 11 is 0. The summed E-state index contributed by atoms with van der Waals surface area (Å²) in [5, 5.41) is 0. The van der Waals surface area contributed by atoms with Crippen molar-refractivity contribution >= 4 is 5.91 Å². The van der Waals surface area contributed by atoms with Crippen molar-refractivity contribution < 1.29 is 4.79 Å². The van der Waals surface area contributed by atoms with Gasteiger partial charge in [0, 0.05) is 6.54 Å². The maximum absolute atomic E-state index is 9.95. The van der Waals surface area contributed by atoms with Gasteiger partial charge in [-0.15, -0.1) is 0 Å². The number of carbonyl (C=O) groups is 1. The summed E-state index contributed by atoms with van der Waals surface area (Å²) < 4.78 is 0. The molecule has 0 spiro atoms. The van der Waals surface area contributed by atoms with Gasteiger partial charge >= 0.3 is 0 Å². The predicted molar refractivity (Wildman–Crippen MR) is 26.2 cm³/mol. The Bertz CT molecular complexity index is 72.6. The number of rotatable bonds is 2. The molecular formula is C3H9N3O. The first-order chi connectivity index (χ1) is 3.18. The normalized spacial score (nSPS) is 13.4. The summed E-state index contributed by atoms with van der Waals surface area (Å²) in [5.74, 6) is -0.553. The third kappa shape index (κ3) is 2.13. The average molecular weight is 103 g/mol. The van der Waals surface area contributed by atoms with Gasteiger partial charge in [0.15, 0.2) is 0 Å². The highest BCUT2D eigenvalue weighted by Gasteiger charge is 2.03. The van der Waals surface area contributed by atoms with E-state index in [4.69, 9.17) is 17.2 Å². The van der Waals surface area contributed by atoms with Crippen LogP contribution in [0.2, 0.25) is 0 Å². The Kier molecular flexibility index (Phi) is 2.32. The molecule has 7 heavy (non-hydrogen) atoms. The monoisotopic (exact) mass is 103 g/mol. The van der Waals surface area contributed by atoms with Gasteiger partial charge in [0.2, 0.25) is 5.91 Å². The van der Waals surface area contributed by atoms with Crippen LogP contribution in [0.5, 0.6) is 0 Å². The molecule has 0 saturated heterocycles. The van der Waals surface area contributed by atoms with Crippen LogP contribution in [0, 0.1) is 0 Å². The lowest BCUT2D eigenvalue weighted by atomic mass is 10.3. The minimum absolute atomic E-state index is 0.120. The number of carbonyl (C=O) groups excluding carboxylic acids is 1. The van der Waals surface area contributed by atoms with Gasteiger partial charge in [-0.25, -0.2) is 0 Å². The predicted octanol–water partition coefficient (Wildman–Crippen LogP) is -2.24. The summed E-state index contributed by atoms with van der Waals surface area (Å²) in [6, 6.07) is -0.681. The van der Waals surface area contributed by atoms with Gasteiger partial charge < -0.3 is 17.2 Å². The van der Waals surface area contributed by atoms with Crippen LogP contribution in [0.4, 0.5) is 0 Å². The first kappa shape index (κ1) is 6.39. The second kappa shape index (κ2) is 2.54. The number of primary amides is 1. The van der Waals surface area contributed by atoms with Gasteiger partial charge in [-0.3, -0.25) is 4.79 Å². The van der Waals surface area contributed by atoms with Crippen LogP contribution in [0.25, 0.3) is 0 Å². The number of hydrogen-bond acceptors (Lipinski definition) is 3. The van der Waals surface area contributed by atoms with Crippen LogP contribution in [0.15, 0.2) is 0 Å². The molecule has 1 amide bonds. The minimum Gasteiger partial charge on any atom is -0.368 e. The van der Waals surface area contributed by atoms with E-state index < -0.39 is 11.9 Å². The third-order valence-corrected chi connectivity index (χ3v) is 0.619. The molecule has 0 aromatic carbocycles. The van der Waals surface area contributed by atoms with Crippen molar-refractivity contribution in [2.45, 2.75) is 6.04 Å². The van der Waals surface area contributed by atoms with Crippen molar-refractivity contribution in [2.24, 2.45) is 17.2 Å². The summed E-state index contributed by atoms with van der Waals surface area (Å²) in [6.45, 7) is 0.120. The lowest BCUT2D eigenvalue weighted by Crippen LogP contribution is -2.42. The standard InChI is InChI=1S/C3H9N3O/c4-1-2(5)3(6)7/h2H,1,4-5H2,(H2,6,7)/t2-/m1/s1. The molecule has 0 aromatic heterocycles. The highest BCUT2D eigenvalue weighted by atomic mass is 16.1. The largest absolute Gasteiger partial charge is 0.368 e. The zero-order valence-electron chi connectivity index (χ0n) is 3.92. The molecule has 0 unspecified atom stereocenters. The molecule has 4 nitrogen and oxygen atoms in total. The maximum Gasteiger partial charge on any atom is 0.235 e. The first-order valence-electron chi connectivity index (χ1n) is 1.93. The highest BCUT2D eigenvalue weighted by molar-refractivity contribution is 5.79. The quantitative estimate of drug-likeness (QED) is 0.368. The van der Waals surface area contributed by atoms with Crippen LogP contribution in [-0.2, 0) is 4.79 Å². The van der Waals surface area contributed by atoms with E-state index in [1.165, 1.54) is 0 Å². The summed E-state index contributed by atoms with van der Waals surface area (Å²) in [6.07, 6.45) is 0. The number of hydrogen-bond donors (Lipinski definition) is 3. The Labute approximate surface area is 41.7 Å². The van der Waals surface area contributed by atoms with E-state index in [0.29, 0.717) is 0 Å². The van der Waals surface area contributed by atoms with Crippen molar-refractivity contribution in [3.8, 4) is 0 Å². The fourth-order valence-electron chi connectivity index (χ4n) is 0.116. The van der Waals surface area contributed by atoms with Gasteiger partial charge in [0.05, 0.1) is 6.04 Å². The molecule has 0 rings (SSSR count). The fourth-order valence-corrected chi connectivity index (χ4v) is 0.116. The minimum atomic E-state index is -0.681. The summed E-state index contributed by atoms with van der Waals surface area (Å²) in [7, 11) is 0. The summed E-state index contributed by atoms with van der Waals surface area (Å²) in [5.41, 5.74) is 14.7. The van der Waals surface area contributed by atoms with Crippen molar-refractivity contribution in [1.29, 1.82) is 0 Å². The Morgan fingerprint density at radius 1 is 1.71 bits per heavy atom. The second-order valence-corrected chi connectivity index (χ2v) is 1.24. The summed E-state index contributed by atoms with van der Waals surface area (Å²) in [4.78, 5) is 9.95. The van der Waals surface area contributed by atoms with Gasteiger partial charge in [-0.05, 0) is 0 Å². The molecule has 0 aliphatic carbocycles. The van der Waals surface area contributed by atoms with E-state index in [-0.39, 0.29) is 6.54 Å². The van der Waals surface area contributed by atoms with Gasteiger partial charge in [-0.1, -0.05) is 0 Å². The number of nitrogens with two attached hydrogens (primary N) is 3. The molecule has 6 N–H and O–H groups in total. The van der Waals surface area contributed by atoms with E-state index in [1.54, 1.807) is 0 Å². The molecule has 0 bridgehead atoms. The van der Waals surface area contributed by atoms with Crippen molar-refractivity contribution in [2.75, 3.05) is 6.54 Å². The van der Waals surface area contributed by atoms with Crippen LogP contribution in [0.3, 0.4) is 0 Å². The van der Waals surface area contributed by atoms with E-state index in [0.717, 1.165) is 0 Å². The van der Waals surface area contributed by atoms with E-state index in [1.807, 2.05) is 0 Å². The van der Waals surface area contributed by atoms with Crippen molar-refractivity contribution in [1.82, 2.24) is 0 Å². The van der Waals surface area contributed by atoms with Crippen LogP contribution in [-0.4, -0.2) is 18.5 Å². The smallest absolute Gasteiger partial charge is 0.235 e. The third-order valence-electron chi connectivity index (χ3n) is 0.619. The molecule has 0 fully saturated rings. The van der Waals surface area contributed by atoms with Gasteiger partial charge in [-0.2, -0.15) is 0 Å². The molecule has 42 valence electrons. The average Bonchev–Trinajstić information content (AvgIpc) is 1.65. The second-order valence-electron chi connectivity index (χ2n) is 1.24. The van der Waals surface area contributed by atoms with Crippen LogP contribution >= 0.6 is 0 Å². The number of amides is 1. The van der Waals surface area contributed by atoms with Gasteiger partial charge in [0.25, 0.3) is 0 Å². The topological polar surface area (TPSA) is 95.1 Å². The molecule has 1 atom stereocenters. The molecule has 0 aliphatic rings. The first-order valence-corrected chi connectivity index (χ1v) is 1.93. The molecule has 0 saturated carbocycles. The van der Waals surface area contributed by atoms with Crippen molar-refractivity contribution in [3.05, 3.63) is 0 Å². The van der Waals surface area contributed by atoms with E-state index in [9.17, 15) is 4.79 Å². The highest BCUT2D eigenvalue weighted by Crippen LogP contribution is 1.64. The molecule has 0 heterocycles. The Morgan fingerprint density at radius 3 is 2.14 bits per heavy atom. The van der Waals surface area contributed by atoms with E-state index >= 15 is 0 Å². The van der Waals surface area contributed by atoms with E-state index in [2.05, 4.69) is 0 Å². The molecular weight excluding hydrogens is 94.1 g/mol. The van der Waals surface area contributed by atoms with Crippen LogP contribution in [0.1, 0.15) is 0 Å². The molecule has 4 heteroatoms. The van der Waals surface area contributed by atoms with Gasteiger partial charge in [0.1, 0.15) is 0 Å². The Morgan fingerprint density at radius 2 is 2.14 bits per heavy atom. The Balaban J connectivity index is 3.34. The lowest BCUT2D eigenvalue weighted by Gasteiger charge is -1.98. The molecule has 0 radical (unpaired) electrons. The lowest BCUT2D eigenvalue weighted by molar-refractivity contribution is -0.119. The van der Waals surface area contributed by atoms with Crippen LogP contribution < -0.4 is 17.2 Å². The zero-order chi connectivity index (χ0) is 5.86. The SMILES string of the molecule is NC[C@@H](N)C(N)=O.